The number of hydrogen-bond donors (Lipinski definition) is 2. The molecule has 0 fully saturated rings. The molecule has 2 rings (SSSR count). The summed E-state index contributed by atoms with van der Waals surface area (Å²) in [5, 5.41) is 2.82. The van der Waals surface area contributed by atoms with Crippen molar-refractivity contribution in [3.05, 3.63) is 46.1 Å². The number of aryl methyl sites for hydroxylation is 1. The van der Waals surface area contributed by atoms with E-state index in [0.717, 1.165) is 11.6 Å². The molecule has 7 heteroatoms. The molecule has 1 heterocycles. The molecule has 0 radical (unpaired) electrons. The fourth-order valence-electron chi connectivity index (χ4n) is 1.60. The molecule has 0 unspecified atom stereocenters. The van der Waals surface area contributed by atoms with Crippen LogP contribution in [0.15, 0.2) is 34.9 Å². The van der Waals surface area contributed by atoms with Gasteiger partial charge in [0.2, 0.25) is 0 Å². The highest BCUT2D eigenvalue weighted by atomic mass is 79.9. The average Bonchev–Trinajstić information content (AvgIpc) is 2.35. The van der Waals surface area contributed by atoms with Gasteiger partial charge in [0.25, 0.3) is 0 Å². The Morgan fingerprint density at radius 3 is 2.55 bits per heavy atom. The summed E-state index contributed by atoms with van der Waals surface area (Å²) < 4.78 is 38.4. The Kier molecular flexibility index (Phi) is 3.89. The predicted octanol–water partition coefficient (Wildman–Crippen LogP) is 4.50. The van der Waals surface area contributed by atoms with Gasteiger partial charge in [-0.25, -0.2) is 4.98 Å². The van der Waals surface area contributed by atoms with E-state index >= 15 is 0 Å². The summed E-state index contributed by atoms with van der Waals surface area (Å²) in [5.41, 5.74) is 6.53. The van der Waals surface area contributed by atoms with Gasteiger partial charge >= 0.3 is 6.18 Å². The molecular formula is C13H11BrF3N3. The van der Waals surface area contributed by atoms with Gasteiger partial charge in [0.1, 0.15) is 5.82 Å². The molecule has 0 spiro atoms. The molecule has 106 valence electrons. The second-order valence-corrected chi connectivity index (χ2v) is 5.10. The summed E-state index contributed by atoms with van der Waals surface area (Å²) in [7, 11) is 0. The maximum Gasteiger partial charge on any atom is 0.417 e. The van der Waals surface area contributed by atoms with Crippen LogP contribution in [-0.4, -0.2) is 4.98 Å². The van der Waals surface area contributed by atoms with Gasteiger partial charge in [-0.3, -0.25) is 0 Å². The topological polar surface area (TPSA) is 50.9 Å². The first kappa shape index (κ1) is 14.6. The molecule has 3 nitrogen and oxygen atoms in total. The lowest BCUT2D eigenvalue weighted by Crippen LogP contribution is -2.07. The first-order valence-corrected chi connectivity index (χ1v) is 6.42. The van der Waals surface area contributed by atoms with Gasteiger partial charge in [-0.05, 0) is 36.8 Å². The number of aromatic nitrogens is 1. The molecule has 0 bridgehead atoms. The zero-order valence-corrected chi connectivity index (χ0v) is 12.0. The van der Waals surface area contributed by atoms with Gasteiger partial charge in [-0.2, -0.15) is 13.2 Å². The number of benzene rings is 1. The third-order valence-electron chi connectivity index (χ3n) is 2.70. The zero-order valence-electron chi connectivity index (χ0n) is 10.4. The quantitative estimate of drug-likeness (QED) is 0.842. The molecule has 0 aliphatic heterocycles. The van der Waals surface area contributed by atoms with Crippen molar-refractivity contribution in [1.29, 1.82) is 0 Å². The maximum atomic E-state index is 12.8. The van der Waals surface area contributed by atoms with E-state index in [1.807, 2.05) is 0 Å². The van der Waals surface area contributed by atoms with Crippen LogP contribution >= 0.6 is 15.9 Å². The summed E-state index contributed by atoms with van der Waals surface area (Å²) in [6.07, 6.45) is -2.96. The summed E-state index contributed by atoms with van der Waals surface area (Å²) in [5.74, 6) is 0.437. The van der Waals surface area contributed by atoms with Crippen LogP contribution in [0.5, 0.6) is 0 Å². The van der Waals surface area contributed by atoms with Crippen molar-refractivity contribution in [2.75, 3.05) is 11.1 Å². The predicted molar refractivity (Wildman–Crippen MR) is 75.8 cm³/mol. The summed E-state index contributed by atoms with van der Waals surface area (Å²) in [6, 6.07) is 5.57. The number of alkyl halides is 3. The lowest BCUT2D eigenvalue weighted by atomic mass is 10.2. The number of hydrogen-bond acceptors (Lipinski definition) is 3. The average molecular weight is 346 g/mol. The second-order valence-electron chi connectivity index (χ2n) is 4.24. The fourth-order valence-corrected chi connectivity index (χ4v) is 2.07. The molecule has 0 atom stereocenters. The Hall–Kier alpha value is -1.76. The highest BCUT2D eigenvalue weighted by Gasteiger charge is 2.33. The summed E-state index contributed by atoms with van der Waals surface area (Å²) in [4.78, 5) is 4.02. The zero-order chi connectivity index (χ0) is 14.9. The number of anilines is 3. The molecule has 0 saturated heterocycles. The molecule has 3 N–H and O–H groups in total. The molecular weight excluding hydrogens is 335 g/mol. The smallest absolute Gasteiger partial charge is 0.397 e. The van der Waals surface area contributed by atoms with Gasteiger partial charge in [0.15, 0.2) is 0 Å². The molecule has 1 aromatic heterocycles. The monoisotopic (exact) mass is 345 g/mol. The number of nitrogens with one attached hydrogen (secondary N) is 1. The van der Waals surface area contributed by atoms with Crippen LogP contribution < -0.4 is 11.1 Å². The summed E-state index contributed by atoms with van der Waals surface area (Å²) in [6.45, 7) is 1.80. The molecule has 0 aliphatic rings. The minimum atomic E-state index is -4.42. The molecule has 20 heavy (non-hydrogen) atoms. The third kappa shape index (κ3) is 3.22. The Morgan fingerprint density at radius 1 is 1.25 bits per heavy atom. The molecule has 0 saturated carbocycles. The van der Waals surface area contributed by atoms with E-state index in [1.165, 1.54) is 18.3 Å². The van der Waals surface area contributed by atoms with E-state index in [1.54, 1.807) is 13.0 Å². The van der Waals surface area contributed by atoms with Crippen LogP contribution in [0.2, 0.25) is 0 Å². The highest BCUT2D eigenvalue weighted by molar-refractivity contribution is 9.10. The lowest BCUT2D eigenvalue weighted by Gasteiger charge is -2.12. The Balaban J connectivity index is 2.32. The first-order valence-electron chi connectivity index (χ1n) is 5.63. The van der Waals surface area contributed by atoms with Crippen molar-refractivity contribution in [2.24, 2.45) is 0 Å². The molecule has 1 aromatic carbocycles. The number of nitrogens with two attached hydrogens (primary N) is 1. The van der Waals surface area contributed by atoms with E-state index in [4.69, 9.17) is 5.73 Å². The van der Waals surface area contributed by atoms with Gasteiger partial charge in [-0.15, -0.1) is 0 Å². The van der Waals surface area contributed by atoms with E-state index in [0.29, 0.717) is 17.2 Å². The summed E-state index contributed by atoms with van der Waals surface area (Å²) >= 11 is 2.89. The van der Waals surface area contributed by atoms with Crippen LogP contribution in [0.4, 0.5) is 30.4 Å². The maximum absolute atomic E-state index is 12.8. The van der Waals surface area contributed by atoms with E-state index < -0.39 is 11.7 Å². The van der Waals surface area contributed by atoms with Crippen molar-refractivity contribution in [3.63, 3.8) is 0 Å². The van der Waals surface area contributed by atoms with Crippen molar-refractivity contribution >= 4 is 33.1 Å². The van der Waals surface area contributed by atoms with E-state index in [9.17, 15) is 13.2 Å². The number of halogens is 4. The van der Waals surface area contributed by atoms with Crippen LogP contribution in [0.3, 0.4) is 0 Å². The number of nitrogen functional groups attached to an aromatic ring is 1. The van der Waals surface area contributed by atoms with Crippen LogP contribution in [0.25, 0.3) is 0 Å². The molecule has 0 aliphatic carbocycles. The van der Waals surface area contributed by atoms with Gasteiger partial charge < -0.3 is 11.1 Å². The van der Waals surface area contributed by atoms with Gasteiger partial charge in [0.05, 0.1) is 17.4 Å². The van der Waals surface area contributed by atoms with Gasteiger partial charge in [-0.1, -0.05) is 15.9 Å². The normalized spacial score (nSPS) is 11.4. The number of nitrogens with zero attached hydrogens (tertiary/aromatic N) is 1. The standard InChI is InChI=1S/C13H11BrF3N3/c1-7-4-12(19-6-11(7)18)20-8-2-3-10(14)9(5-8)13(15,16)17/h2-6H,18H2,1H3,(H,19,20). The van der Waals surface area contributed by atoms with Crippen molar-refractivity contribution < 1.29 is 13.2 Å². The largest absolute Gasteiger partial charge is 0.417 e. The minimum absolute atomic E-state index is 0.00278. The Morgan fingerprint density at radius 2 is 1.95 bits per heavy atom. The highest BCUT2D eigenvalue weighted by Crippen LogP contribution is 2.36. The van der Waals surface area contributed by atoms with Crippen LogP contribution in [-0.2, 0) is 6.18 Å². The van der Waals surface area contributed by atoms with E-state index in [-0.39, 0.29) is 4.47 Å². The number of pyridine rings is 1. The molecule has 0 amide bonds. The minimum Gasteiger partial charge on any atom is -0.397 e. The number of rotatable bonds is 2. The van der Waals surface area contributed by atoms with Crippen molar-refractivity contribution in [1.82, 2.24) is 4.98 Å². The van der Waals surface area contributed by atoms with Crippen LogP contribution in [0, 0.1) is 6.92 Å². The van der Waals surface area contributed by atoms with Crippen LogP contribution in [0.1, 0.15) is 11.1 Å². The van der Waals surface area contributed by atoms with E-state index in [2.05, 4.69) is 26.2 Å². The molecule has 2 aromatic rings. The second kappa shape index (κ2) is 5.32. The Bertz CT molecular complexity index is 641. The van der Waals surface area contributed by atoms with Crippen molar-refractivity contribution in [2.45, 2.75) is 13.1 Å². The SMILES string of the molecule is Cc1cc(Nc2ccc(Br)c(C(F)(F)F)c2)ncc1N. The van der Waals surface area contributed by atoms with Gasteiger partial charge in [0, 0.05) is 10.2 Å². The first-order chi connectivity index (χ1) is 9.27. The van der Waals surface area contributed by atoms with Crippen molar-refractivity contribution in [3.8, 4) is 0 Å². The lowest BCUT2D eigenvalue weighted by molar-refractivity contribution is -0.138. The fraction of sp³-hybridized carbons (Fsp3) is 0.154. The third-order valence-corrected chi connectivity index (χ3v) is 3.39. The Labute approximate surface area is 122 Å².